The summed E-state index contributed by atoms with van der Waals surface area (Å²) >= 11 is 0. The standard InChI is InChI=1S/C13H22N4O2/c1-2-11-9-13(19)15-12(14-11)10-17-5-3-16(4-6-17)7-8-18/h9,18H,2-8,10H2,1H3,(H,14,15,19). The van der Waals surface area contributed by atoms with Crippen molar-refractivity contribution in [2.24, 2.45) is 0 Å². The van der Waals surface area contributed by atoms with Gasteiger partial charge in [0.25, 0.3) is 5.56 Å². The van der Waals surface area contributed by atoms with Crippen LogP contribution >= 0.6 is 0 Å². The van der Waals surface area contributed by atoms with E-state index in [0.29, 0.717) is 6.54 Å². The van der Waals surface area contributed by atoms with E-state index in [4.69, 9.17) is 5.11 Å². The fraction of sp³-hybridized carbons (Fsp3) is 0.692. The van der Waals surface area contributed by atoms with Gasteiger partial charge in [-0.15, -0.1) is 0 Å². The lowest BCUT2D eigenvalue weighted by Crippen LogP contribution is -2.47. The Morgan fingerprint density at radius 1 is 1.32 bits per heavy atom. The predicted octanol–water partition coefficient (Wildman–Crippen LogP) is -0.558. The zero-order chi connectivity index (χ0) is 13.7. The molecule has 2 heterocycles. The molecule has 0 amide bonds. The molecule has 6 nitrogen and oxygen atoms in total. The van der Waals surface area contributed by atoms with Gasteiger partial charge in [-0.1, -0.05) is 6.92 Å². The molecule has 0 unspecified atom stereocenters. The SMILES string of the molecule is CCc1cc(=O)[nH]c(CN2CCN(CCO)CC2)n1. The minimum absolute atomic E-state index is 0.0687. The van der Waals surface area contributed by atoms with Crippen molar-refractivity contribution >= 4 is 0 Å². The van der Waals surface area contributed by atoms with Crippen LogP contribution in [0.3, 0.4) is 0 Å². The summed E-state index contributed by atoms with van der Waals surface area (Å²) in [4.78, 5) is 23.3. The maximum Gasteiger partial charge on any atom is 0.251 e. The molecule has 0 spiro atoms. The fourth-order valence-corrected chi connectivity index (χ4v) is 2.34. The Balaban J connectivity index is 1.92. The smallest absolute Gasteiger partial charge is 0.251 e. The van der Waals surface area contributed by atoms with Crippen molar-refractivity contribution in [1.29, 1.82) is 0 Å². The second-order valence-electron chi connectivity index (χ2n) is 4.88. The molecule has 19 heavy (non-hydrogen) atoms. The van der Waals surface area contributed by atoms with Gasteiger partial charge in [0, 0.05) is 44.5 Å². The summed E-state index contributed by atoms with van der Waals surface area (Å²) in [5.41, 5.74) is 0.776. The third-order valence-electron chi connectivity index (χ3n) is 3.46. The summed E-state index contributed by atoms with van der Waals surface area (Å²) in [7, 11) is 0. The summed E-state index contributed by atoms with van der Waals surface area (Å²) in [5.74, 6) is 0.750. The lowest BCUT2D eigenvalue weighted by atomic mass is 10.3. The Kier molecular flexibility index (Phi) is 5.07. The van der Waals surface area contributed by atoms with E-state index in [0.717, 1.165) is 50.7 Å². The maximum absolute atomic E-state index is 11.5. The van der Waals surface area contributed by atoms with Crippen LogP contribution in [0.25, 0.3) is 0 Å². The monoisotopic (exact) mass is 266 g/mol. The average molecular weight is 266 g/mol. The van der Waals surface area contributed by atoms with Crippen molar-refractivity contribution < 1.29 is 5.11 Å². The molecule has 6 heteroatoms. The first-order valence-corrected chi connectivity index (χ1v) is 6.86. The minimum Gasteiger partial charge on any atom is -0.395 e. The number of rotatable bonds is 5. The molecule has 1 aliphatic heterocycles. The van der Waals surface area contributed by atoms with Crippen molar-refractivity contribution in [1.82, 2.24) is 19.8 Å². The van der Waals surface area contributed by atoms with Gasteiger partial charge in [0.15, 0.2) is 0 Å². The lowest BCUT2D eigenvalue weighted by molar-refractivity contribution is 0.107. The molecule has 2 rings (SSSR count). The quantitative estimate of drug-likeness (QED) is 0.747. The van der Waals surface area contributed by atoms with E-state index in [9.17, 15) is 4.79 Å². The molecular weight excluding hydrogens is 244 g/mol. The van der Waals surface area contributed by atoms with E-state index in [1.165, 1.54) is 0 Å². The molecule has 0 bridgehead atoms. The number of β-amino-alcohol motifs (C(OH)–C–C–N with tert-alkyl or cyclic N) is 1. The predicted molar refractivity (Wildman–Crippen MR) is 73.0 cm³/mol. The van der Waals surface area contributed by atoms with Crippen LogP contribution < -0.4 is 5.56 Å². The topological polar surface area (TPSA) is 72.5 Å². The van der Waals surface area contributed by atoms with Crippen LogP contribution in [-0.4, -0.2) is 64.2 Å². The number of aromatic amines is 1. The van der Waals surface area contributed by atoms with Crippen LogP contribution in [-0.2, 0) is 13.0 Å². The van der Waals surface area contributed by atoms with E-state index in [1.54, 1.807) is 6.07 Å². The number of piperazine rings is 1. The number of aliphatic hydroxyl groups excluding tert-OH is 1. The van der Waals surface area contributed by atoms with Gasteiger partial charge in [0.2, 0.25) is 0 Å². The zero-order valence-electron chi connectivity index (χ0n) is 11.4. The van der Waals surface area contributed by atoms with E-state index in [-0.39, 0.29) is 12.2 Å². The summed E-state index contributed by atoms with van der Waals surface area (Å²) in [6, 6.07) is 1.56. The number of hydrogen-bond donors (Lipinski definition) is 2. The van der Waals surface area contributed by atoms with Crippen molar-refractivity contribution in [2.45, 2.75) is 19.9 Å². The van der Waals surface area contributed by atoms with Crippen LogP contribution in [0.1, 0.15) is 18.4 Å². The number of aromatic nitrogens is 2. The number of hydrogen-bond acceptors (Lipinski definition) is 5. The highest BCUT2D eigenvalue weighted by atomic mass is 16.3. The van der Waals surface area contributed by atoms with Crippen molar-refractivity contribution in [2.75, 3.05) is 39.3 Å². The third-order valence-corrected chi connectivity index (χ3v) is 3.46. The Hall–Kier alpha value is -1.24. The molecule has 1 aromatic rings. The molecule has 0 atom stereocenters. The molecule has 0 radical (unpaired) electrons. The van der Waals surface area contributed by atoms with Gasteiger partial charge in [0.1, 0.15) is 5.82 Å². The molecule has 0 aromatic carbocycles. The van der Waals surface area contributed by atoms with Crippen LogP contribution in [0, 0.1) is 0 Å². The number of nitrogens with one attached hydrogen (secondary N) is 1. The molecule has 1 saturated heterocycles. The van der Waals surface area contributed by atoms with E-state index >= 15 is 0 Å². The van der Waals surface area contributed by atoms with E-state index in [1.807, 2.05) is 6.92 Å². The maximum atomic E-state index is 11.5. The van der Waals surface area contributed by atoms with Gasteiger partial charge in [-0.3, -0.25) is 14.6 Å². The molecular formula is C13H22N4O2. The van der Waals surface area contributed by atoms with Crippen LogP contribution in [0.4, 0.5) is 0 Å². The first-order chi connectivity index (χ1) is 9.21. The normalized spacial score (nSPS) is 17.8. The minimum atomic E-state index is -0.0687. The third kappa shape index (κ3) is 4.12. The Morgan fingerprint density at radius 3 is 2.63 bits per heavy atom. The molecule has 1 aliphatic rings. The molecule has 0 saturated carbocycles. The zero-order valence-corrected chi connectivity index (χ0v) is 11.4. The summed E-state index contributed by atoms with van der Waals surface area (Å²) < 4.78 is 0. The second-order valence-corrected chi connectivity index (χ2v) is 4.88. The number of nitrogens with zero attached hydrogens (tertiary/aromatic N) is 3. The van der Waals surface area contributed by atoms with Crippen molar-refractivity contribution in [3.05, 3.63) is 27.9 Å². The lowest BCUT2D eigenvalue weighted by Gasteiger charge is -2.33. The van der Waals surface area contributed by atoms with Crippen LogP contribution in [0.15, 0.2) is 10.9 Å². The first kappa shape index (κ1) is 14.2. The van der Waals surface area contributed by atoms with E-state index in [2.05, 4.69) is 19.8 Å². The van der Waals surface area contributed by atoms with Gasteiger partial charge < -0.3 is 10.1 Å². The number of aliphatic hydroxyl groups is 1. The summed E-state index contributed by atoms with van der Waals surface area (Å²) in [6.07, 6.45) is 0.779. The Labute approximate surface area is 113 Å². The molecule has 1 fully saturated rings. The van der Waals surface area contributed by atoms with Gasteiger partial charge in [-0.2, -0.15) is 0 Å². The molecule has 0 aliphatic carbocycles. The van der Waals surface area contributed by atoms with Gasteiger partial charge in [0.05, 0.1) is 13.2 Å². The molecule has 106 valence electrons. The Bertz CT molecular complexity index is 452. The summed E-state index contributed by atoms with van der Waals surface area (Å²) in [6.45, 7) is 7.45. The second kappa shape index (κ2) is 6.79. The average Bonchev–Trinajstić information content (AvgIpc) is 2.40. The summed E-state index contributed by atoms with van der Waals surface area (Å²) in [5, 5.41) is 8.90. The van der Waals surface area contributed by atoms with Crippen molar-refractivity contribution in [3.63, 3.8) is 0 Å². The van der Waals surface area contributed by atoms with Gasteiger partial charge in [-0.25, -0.2) is 4.98 Å². The first-order valence-electron chi connectivity index (χ1n) is 6.86. The van der Waals surface area contributed by atoms with Gasteiger partial charge in [-0.05, 0) is 6.42 Å². The highest BCUT2D eigenvalue weighted by Crippen LogP contribution is 2.05. The largest absolute Gasteiger partial charge is 0.395 e. The van der Waals surface area contributed by atoms with Crippen molar-refractivity contribution in [3.8, 4) is 0 Å². The highest BCUT2D eigenvalue weighted by Gasteiger charge is 2.17. The van der Waals surface area contributed by atoms with E-state index < -0.39 is 0 Å². The van der Waals surface area contributed by atoms with Crippen LogP contribution in [0.5, 0.6) is 0 Å². The molecule has 1 aromatic heterocycles. The van der Waals surface area contributed by atoms with Gasteiger partial charge >= 0.3 is 0 Å². The fourth-order valence-electron chi connectivity index (χ4n) is 2.34. The molecule has 2 N–H and O–H groups in total. The highest BCUT2D eigenvalue weighted by molar-refractivity contribution is 5.02. The van der Waals surface area contributed by atoms with Crippen LogP contribution in [0.2, 0.25) is 0 Å². The number of H-pyrrole nitrogens is 1. The number of aryl methyl sites for hydroxylation is 1. The Morgan fingerprint density at radius 2 is 2.00 bits per heavy atom.